The quantitative estimate of drug-likeness (QED) is 0.706. The maximum atomic E-state index is 12.5. The van der Waals surface area contributed by atoms with Crippen LogP contribution in [0.2, 0.25) is 0 Å². The SMILES string of the molecule is CC(=O)NC1CCN(C(=O)C2(C)COCC2N)CC1. The number of nitrogens with one attached hydrogen (secondary N) is 1. The molecule has 2 saturated heterocycles. The van der Waals surface area contributed by atoms with Crippen LogP contribution in [0.5, 0.6) is 0 Å². The van der Waals surface area contributed by atoms with Crippen LogP contribution in [0.15, 0.2) is 0 Å². The van der Waals surface area contributed by atoms with E-state index in [2.05, 4.69) is 5.32 Å². The Balaban J connectivity index is 1.91. The summed E-state index contributed by atoms with van der Waals surface area (Å²) in [6.45, 7) is 5.60. The molecule has 0 aromatic carbocycles. The van der Waals surface area contributed by atoms with Crippen molar-refractivity contribution in [2.24, 2.45) is 11.1 Å². The zero-order valence-corrected chi connectivity index (χ0v) is 11.6. The van der Waals surface area contributed by atoms with Gasteiger partial charge in [0.1, 0.15) is 0 Å². The van der Waals surface area contributed by atoms with E-state index in [0.717, 1.165) is 12.8 Å². The van der Waals surface area contributed by atoms with E-state index in [-0.39, 0.29) is 23.9 Å². The predicted molar refractivity (Wildman–Crippen MR) is 70.3 cm³/mol. The Bertz CT molecular complexity index is 366. The smallest absolute Gasteiger partial charge is 0.232 e. The van der Waals surface area contributed by atoms with Gasteiger partial charge in [-0.15, -0.1) is 0 Å². The second-order valence-corrected chi connectivity index (χ2v) is 5.81. The van der Waals surface area contributed by atoms with Gasteiger partial charge in [0.05, 0.1) is 18.6 Å². The molecular weight excluding hydrogens is 246 g/mol. The Morgan fingerprint density at radius 2 is 2.00 bits per heavy atom. The van der Waals surface area contributed by atoms with Gasteiger partial charge in [-0.3, -0.25) is 9.59 Å². The number of likely N-dealkylation sites (tertiary alicyclic amines) is 1. The van der Waals surface area contributed by atoms with E-state index in [9.17, 15) is 9.59 Å². The number of hydrogen-bond donors (Lipinski definition) is 2. The van der Waals surface area contributed by atoms with Crippen LogP contribution < -0.4 is 11.1 Å². The van der Waals surface area contributed by atoms with Crippen molar-refractivity contribution < 1.29 is 14.3 Å². The molecule has 0 spiro atoms. The van der Waals surface area contributed by atoms with Crippen LogP contribution in [-0.2, 0) is 14.3 Å². The van der Waals surface area contributed by atoms with Crippen molar-refractivity contribution in [1.82, 2.24) is 10.2 Å². The molecule has 6 heteroatoms. The first-order valence-electron chi connectivity index (χ1n) is 6.83. The number of amides is 2. The third-order valence-electron chi connectivity index (χ3n) is 4.20. The van der Waals surface area contributed by atoms with Crippen LogP contribution in [0.1, 0.15) is 26.7 Å². The number of carbonyl (C=O) groups excluding carboxylic acids is 2. The van der Waals surface area contributed by atoms with E-state index < -0.39 is 5.41 Å². The van der Waals surface area contributed by atoms with Gasteiger partial charge in [0.25, 0.3) is 0 Å². The zero-order valence-electron chi connectivity index (χ0n) is 11.6. The Morgan fingerprint density at radius 3 is 2.47 bits per heavy atom. The van der Waals surface area contributed by atoms with Crippen molar-refractivity contribution >= 4 is 11.8 Å². The molecule has 2 aliphatic rings. The molecule has 0 aromatic rings. The molecular formula is C13H23N3O3. The number of hydrogen-bond acceptors (Lipinski definition) is 4. The van der Waals surface area contributed by atoms with Crippen molar-refractivity contribution in [3.05, 3.63) is 0 Å². The Morgan fingerprint density at radius 1 is 1.37 bits per heavy atom. The summed E-state index contributed by atoms with van der Waals surface area (Å²) in [6.07, 6.45) is 1.61. The number of nitrogens with zero attached hydrogens (tertiary/aromatic N) is 1. The van der Waals surface area contributed by atoms with Crippen molar-refractivity contribution in [3.8, 4) is 0 Å². The Kier molecular flexibility index (Phi) is 4.10. The molecule has 0 bridgehead atoms. The normalized spacial score (nSPS) is 32.4. The molecule has 2 heterocycles. The highest BCUT2D eigenvalue weighted by Gasteiger charge is 2.46. The minimum absolute atomic E-state index is 0.0112. The lowest BCUT2D eigenvalue weighted by molar-refractivity contribution is -0.143. The highest BCUT2D eigenvalue weighted by Crippen LogP contribution is 2.30. The van der Waals surface area contributed by atoms with Gasteiger partial charge >= 0.3 is 0 Å². The van der Waals surface area contributed by atoms with Crippen LogP contribution in [0.3, 0.4) is 0 Å². The van der Waals surface area contributed by atoms with E-state index in [1.54, 1.807) is 0 Å². The van der Waals surface area contributed by atoms with E-state index in [4.69, 9.17) is 10.5 Å². The largest absolute Gasteiger partial charge is 0.379 e. The van der Waals surface area contributed by atoms with Gasteiger partial charge in [0.15, 0.2) is 0 Å². The predicted octanol–water partition coefficient (Wildman–Crippen LogP) is -0.523. The first kappa shape index (κ1) is 14.3. The van der Waals surface area contributed by atoms with E-state index >= 15 is 0 Å². The van der Waals surface area contributed by atoms with Crippen LogP contribution in [0.25, 0.3) is 0 Å². The molecule has 108 valence electrons. The monoisotopic (exact) mass is 269 g/mol. The van der Waals surface area contributed by atoms with Gasteiger partial charge in [-0.2, -0.15) is 0 Å². The second kappa shape index (κ2) is 5.46. The summed E-state index contributed by atoms with van der Waals surface area (Å²) in [7, 11) is 0. The summed E-state index contributed by atoms with van der Waals surface area (Å²) in [5, 5.41) is 2.90. The lowest BCUT2D eigenvalue weighted by Crippen LogP contribution is -2.54. The number of nitrogens with two attached hydrogens (primary N) is 1. The van der Waals surface area contributed by atoms with Crippen molar-refractivity contribution in [3.63, 3.8) is 0 Å². The second-order valence-electron chi connectivity index (χ2n) is 5.81. The Hall–Kier alpha value is -1.14. The summed E-state index contributed by atoms with van der Waals surface area (Å²) < 4.78 is 5.33. The summed E-state index contributed by atoms with van der Waals surface area (Å²) in [5.74, 6) is 0.0710. The lowest BCUT2D eigenvalue weighted by Gasteiger charge is -2.37. The molecule has 2 unspecified atom stereocenters. The standard InChI is InChI=1S/C13H23N3O3/c1-9(17)15-10-3-5-16(6-4-10)12(18)13(2)8-19-7-11(13)14/h10-11H,3-8,14H2,1-2H3,(H,15,17). The average molecular weight is 269 g/mol. The molecule has 0 saturated carbocycles. The molecule has 19 heavy (non-hydrogen) atoms. The van der Waals surface area contributed by atoms with Crippen LogP contribution >= 0.6 is 0 Å². The van der Waals surface area contributed by atoms with Gasteiger partial charge < -0.3 is 20.7 Å². The summed E-state index contributed by atoms with van der Waals surface area (Å²) in [6, 6.07) is -0.0454. The van der Waals surface area contributed by atoms with E-state index in [1.165, 1.54) is 6.92 Å². The number of ether oxygens (including phenoxy) is 1. The third kappa shape index (κ3) is 2.90. The molecule has 0 aliphatic carbocycles. The van der Waals surface area contributed by atoms with Gasteiger partial charge in [-0.25, -0.2) is 0 Å². The minimum atomic E-state index is -0.596. The fraction of sp³-hybridized carbons (Fsp3) is 0.846. The molecule has 3 N–H and O–H groups in total. The van der Waals surface area contributed by atoms with Crippen molar-refractivity contribution in [2.45, 2.75) is 38.8 Å². The maximum absolute atomic E-state index is 12.5. The van der Waals surface area contributed by atoms with Crippen LogP contribution in [0, 0.1) is 5.41 Å². The maximum Gasteiger partial charge on any atom is 0.232 e. The number of carbonyl (C=O) groups is 2. The van der Waals surface area contributed by atoms with Crippen LogP contribution in [-0.4, -0.2) is 55.1 Å². The van der Waals surface area contributed by atoms with Gasteiger partial charge in [0.2, 0.25) is 11.8 Å². The average Bonchev–Trinajstić information content (AvgIpc) is 2.70. The molecule has 0 aromatic heterocycles. The molecule has 2 aliphatic heterocycles. The first-order valence-corrected chi connectivity index (χ1v) is 6.83. The van der Waals surface area contributed by atoms with Crippen molar-refractivity contribution in [1.29, 1.82) is 0 Å². The molecule has 2 atom stereocenters. The summed E-state index contributed by atoms with van der Waals surface area (Å²) >= 11 is 0. The summed E-state index contributed by atoms with van der Waals surface area (Å²) in [4.78, 5) is 25.4. The number of piperidine rings is 1. The molecule has 0 radical (unpaired) electrons. The summed E-state index contributed by atoms with van der Waals surface area (Å²) in [5.41, 5.74) is 5.39. The molecule has 2 fully saturated rings. The van der Waals surface area contributed by atoms with Crippen LogP contribution in [0.4, 0.5) is 0 Å². The molecule has 2 rings (SSSR count). The molecule has 2 amide bonds. The fourth-order valence-corrected chi connectivity index (χ4v) is 2.78. The zero-order chi connectivity index (χ0) is 14.0. The minimum Gasteiger partial charge on any atom is -0.379 e. The molecule has 6 nitrogen and oxygen atoms in total. The third-order valence-corrected chi connectivity index (χ3v) is 4.20. The highest BCUT2D eigenvalue weighted by molar-refractivity contribution is 5.84. The highest BCUT2D eigenvalue weighted by atomic mass is 16.5. The van der Waals surface area contributed by atoms with E-state index in [0.29, 0.717) is 26.3 Å². The van der Waals surface area contributed by atoms with Gasteiger partial charge in [-0.05, 0) is 19.8 Å². The first-order chi connectivity index (χ1) is 8.93. The Labute approximate surface area is 113 Å². The van der Waals surface area contributed by atoms with Crippen molar-refractivity contribution in [2.75, 3.05) is 26.3 Å². The van der Waals surface area contributed by atoms with Gasteiger partial charge in [-0.1, -0.05) is 0 Å². The topological polar surface area (TPSA) is 84.7 Å². The number of rotatable bonds is 2. The fourth-order valence-electron chi connectivity index (χ4n) is 2.78. The van der Waals surface area contributed by atoms with E-state index in [1.807, 2.05) is 11.8 Å². The lowest BCUT2D eigenvalue weighted by atomic mass is 9.83. The van der Waals surface area contributed by atoms with Gasteiger partial charge in [0, 0.05) is 32.1 Å².